The average Bonchev–Trinajstić information content (AvgIpc) is 2.45. The van der Waals surface area contributed by atoms with Crippen LogP contribution in [0.2, 0.25) is 0 Å². The van der Waals surface area contributed by atoms with Gasteiger partial charge >= 0.3 is 0 Å². The summed E-state index contributed by atoms with van der Waals surface area (Å²) in [5.74, 6) is 2.83. The molecular formula is C17H27NO3. The van der Waals surface area contributed by atoms with Crippen LogP contribution in [0.4, 0.5) is 0 Å². The van der Waals surface area contributed by atoms with Crippen LogP contribution in [-0.4, -0.2) is 43.9 Å². The molecule has 1 N–H and O–H groups in total. The van der Waals surface area contributed by atoms with Crippen molar-refractivity contribution >= 4 is 0 Å². The number of hydrogen-bond donors (Lipinski definition) is 1. The first kappa shape index (κ1) is 16.1. The quantitative estimate of drug-likeness (QED) is 0.906. The van der Waals surface area contributed by atoms with Crippen LogP contribution in [0.15, 0.2) is 18.2 Å². The Morgan fingerprint density at radius 1 is 1.19 bits per heavy atom. The molecule has 118 valence electrons. The molecule has 1 fully saturated rings. The lowest BCUT2D eigenvalue weighted by Crippen LogP contribution is -2.40. The summed E-state index contributed by atoms with van der Waals surface area (Å²) in [6.45, 7) is 7.29. The molecule has 1 aromatic carbocycles. The number of ether oxygens (including phenoxy) is 2. The van der Waals surface area contributed by atoms with E-state index in [9.17, 15) is 5.11 Å². The second-order valence-electron chi connectivity index (χ2n) is 6.29. The van der Waals surface area contributed by atoms with Crippen molar-refractivity contribution in [3.05, 3.63) is 23.8 Å². The normalized spacial score (nSPS) is 24.6. The first-order chi connectivity index (χ1) is 10.0. The Morgan fingerprint density at radius 2 is 1.86 bits per heavy atom. The first-order valence-corrected chi connectivity index (χ1v) is 7.65. The topological polar surface area (TPSA) is 41.9 Å². The first-order valence-electron chi connectivity index (χ1n) is 7.65. The molecular weight excluding hydrogens is 266 g/mol. The van der Waals surface area contributed by atoms with Crippen molar-refractivity contribution in [2.24, 2.45) is 11.8 Å². The van der Waals surface area contributed by atoms with E-state index in [0.717, 1.165) is 24.4 Å². The molecule has 0 aromatic heterocycles. The van der Waals surface area contributed by atoms with Gasteiger partial charge in [-0.15, -0.1) is 0 Å². The van der Waals surface area contributed by atoms with E-state index in [2.05, 4.69) is 18.7 Å². The molecule has 4 nitrogen and oxygen atoms in total. The molecule has 1 aromatic rings. The summed E-state index contributed by atoms with van der Waals surface area (Å²) < 4.78 is 10.6. The SMILES string of the molecule is COc1ccc(OC)c(C(O)CN2CC(C)CC(C)C2)c1. The molecule has 1 heterocycles. The fourth-order valence-corrected chi connectivity index (χ4v) is 3.38. The van der Waals surface area contributed by atoms with Crippen LogP contribution in [0.3, 0.4) is 0 Å². The van der Waals surface area contributed by atoms with E-state index < -0.39 is 6.10 Å². The van der Waals surface area contributed by atoms with Crippen molar-refractivity contribution in [2.45, 2.75) is 26.4 Å². The highest BCUT2D eigenvalue weighted by atomic mass is 16.5. The number of hydrogen-bond acceptors (Lipinski definition) is 4. The highest BCUT2D eigenvalue weighted by Crippen LogP contribution is 2.31. The van der Waals surface area contributed by atoms with Gasteiger partial charge in [0, 0.05) is 25.2 Å². The van der Waals surface area contributed by atoms with Crippen molar-refractivity contribution in [2.75, 3.05) is 33.9 Å². The van der Waals surface area contributed by atoms with Crippen molar-refractivity contribution in [1.29, 1.82) is 0 Å². The number of methoxy groups -OCH3 is 2. The third kappa shape index (κ3) is 4.11. The highest BCUT2D eigenvalue weighted by Gasteiger charge is 2.25. The van der Waals surface area contributed by atoms with Crippen molar-refractivity contribution in [1.82, 2.24) is 4.90 Å². The highest BCUT2D eigenvalue weighted by molar-refractivity contribution is 5.41. The van der Waals surface area contributed by atoms with Gasteiger partial charge in [-0.3, -0.25) is 4.90 Å². The fraction of sp³-hybridized carbons (Fsp3) is 0.647. The predicted octanol–water partition coefficient (Wildman–Crippen LogP) is 2.72. The third-order valence-electron chi connectivity index (χ3n) is 4.17. The summed E-state index contributed by atoms with van der Waals surface area (Å²) in [4.78, 5) is 2.35. The smallest absolute Gasteiger partial charge is 0.124 e. The maximum Gasteiger partial charge on any atom is 0.124 e. The van der Waals surface area contributed by atoms with Gasteiger partial charge in [0.2, 0.25) is 0 Å². The van der Waals surface area contributed by atoms with Gasteiger partial charge in [0.1, 0.15) is 11.5 Å². The van der Waals surface area contributed by atoms with Crippen LogP contribution in [0.1, 0.15) is 31.9 Å². The Balaban J connectivity index is 2.10. The number of aliphatic hydroxyl groups is 1. The van der Waals surface area contributed by atoms with Gasteiger partial charge in [-0.05, 0) is 36.5 Å². The summed E-state index contributed by atoms with van der Waals surface area (Å²) in [5, 5.41) is 10.6. The minimum Gasteiger partial charge on any atom is -0.497 e. The van der Waals surface area contributed by atoms with Crippen molar-refractivity contribution in [3.8, 4) is 11.5 Å². The van der Waals surface area contributed by atoms with Crippen LogP contribution in [0.25, 0.3) is 0 Å². The molecule has 3 atom stereocenters. The van der Waals surface area contributed by atoms with Crippen LogP contribution in [-0.2, 0) is 0 Å². The van der Waals surface area contributed by atoms with Crippen LogP contribution < -0.4 is 9.47 Å². The second-order valence-corrected chi connectivity index (χ2v) is 6.29. The lowest BCUT2D eigenvalue weighted by molar-refractivity contribution is 0.0686. The summed E-state index contributed by atoms with van der Waals surface area (Å²) in [6.07, 6.45) is 0.710. The number of nitrogens with zero attached hydrogens (tertiary/aromatic N) is 1. The Hall–Kier alpha value is -1.26. The van der Waals surface area contributed by atoms with Gasteiger partial charge in [-0.2, -0.15) is 0 Å². The molecule has 0 bridgehead atoms. The number of aliphatic hydroxyl groups excluding tert-OH is 1. The van der Waals surface area contributed by atoms with E-state index >= 15 is 0 Å². The summed E-state index contributed by atoms with van der Waals surface area (Å²) in [6, 6.07) is 5.55. The lowest BCUT2D eigenvalue weighted by atomic mass is 9.91. The van der Waals surface area contributed by atoms with E-state index in [0.29, 0.717) is 24.1 Å². The minimum absolute atomic E-state index is 0.562. The molecule has 0 amide bonds. The number of β-amino-alcohol motifs (C(OH)–C–C–N with tert-alkyl or cyclic N) is 1. The lowest BCUT2D eigenvalue weighted by Gasteiger charge is -2.36. The molecule has 1 saturated heterocycles. The average molecular weight is 293 g/mol. The Morgan fingerprint density at radius 3 is 2.43 bits per heavy atom. The molecule has 1 aliphatic heterocycles. The maximum atomic E-state index is 10.6. The number of likely N-dealkylation sites (tertiary alicyclic amines) is 1. The number of piperidine rings is 1. The molecule has 3 unspecified atom stereocenters. The zero-order valence-corrected chi connectivity index (χ0v) is 13.5. The number of rotatable bonds is 5. The summed E-state index contributed by atoms with van der Waals surface area (Å²) in [7, 11) is 3.26. The second kappa shape index (κ2) is 7.14. The number of benzene rings is 1. The summed E-state index contributed by atoms with van der Waals surface area (Å²) in [5.41, 5.74) is 0.794. The van der Waals surface area contributed by atoms with Gasteiger partial charge < -0.3 is 14.6 Å². The maximum absolute atomic E-state index is 10.6. The van der Waals surface area contributed by atoms with Gasteiger partial charge in [0.05, 0.1) is 20.3 Å². The van der Waals surface area contributed by atoms with Gasteiger partial charge in [0.15, 0.2) is 0 Å². The Bertz CT molecular complexity index is 453. The Labute approximate surface area is 127 Å². The van der Waals surface area contributed by atoms with Gasteiger partial charge in [0.25, 0.3) is 0 Å². The van der Waals surface area contributed by atoms with Crippen molar-refractivity contribution < 1.29 is 14.6 Å². The summed E-state index contributed by atoms with van der Waals surface area (Å²) >= 11 is 0. The van der Waals surface area contributed by atoms with Gasteiger partial charge in [-0.1, -0.05) is 13.8 Å². The minimum atomic E-state index is -0.562. The van der Waals surface area contributed by atoms with E-state index in [4.69, 9.17) is 9.47 Å². The molecule has 1 aliphatic rings. The van der Waals surface area contributed by atoms with E-state index in [1.165, 1.54) is 6.42 Å². The standard InChI is InChI=1S/C17H27NO3/c1-12-7-13(2)10-18(9-12)11-16(19)15-8-14(20-3)5-6-17(15)21-4/h5-6,8,12-13,16,19H,7,9-11H2,1-4H3. The van der Waals surface area contributed by atoms with E-state index in [1.54, 1.807) is 14.2 Å². The van der Waals surface area contributed by atoms with Crippen molar-refractivity contribution in [3.63, 3.8) is 0 Å². The van der Waals surface area contributed by atoms with E-state index in [1.807, 2.05) is 18.2 Å². The zero-order chi connectivity index (χ0) is 15.4. The fourth-order valence-electron chi connectivity index (χ4n) is 3.38. The predicted molar refractivity (Wildman–Crippen MR) is 83.9 cm³/mol. The third-order valence-corrected chi connectivity index (χ3v) is 4.17. The van der Waals surface area contributed by atoms with Gasteiger partial charge in [-0.25, -0.2) is 0 Å². The molecule has 21 heavy (non-hydrogen) atoms. The van der Waals surface area contributed by atoms with Crippen LogP contribution >= 0.6 is 0 Å². The molecule has 0 radical (unpaired) electrons. The van der Waals surface area contributed by atoms with Crippen LogP contribution in [0.5, 0.6) is 11.5 Å². The van der Waals surface area contributed by atoms with Crippen LogP contribution in [0, 0.1) is 11.8 Å². The molecule has 0 spiro atoms. The molecule has 4 heteroatoms. The Kier molecular flexibility index (Phi) is 5.48. The molecule has 0 aliphatic carbocycles. The largest absolute Gasteiger partial charge is 0.497 e. The molecule has 2 rings (SSSR count). The zero-order valence-electron chi connectivity index (χ0n) is 13.5. The molecule has 0 saturated carbocycles. The van der Waals surface area contributed by atoms with E-state index in [-0.39, 0.29) is 0 Å². The monoisotopic (exact) mass is 293 g/mol.